The zero-order valence-electron chi connectivity index (χ0n) is 18.1. The molecular formula is C20H22I2N4O8. The van der Waals surface area contributed by atoms with Crippen LogP contribution in [0.1, 0.15) is 37.3 Å². The molecule has 0 radical (unpaired) electrons. The van der Waals surface area contributed by atoms with Crippen molar-refractivity contribution in [1.29, 1.82) is 0 Å². The van der Waals surface area contributed by atoms with Crippen molar-refractivity contribution in [3.8, 4) is 0 Å². The summed E-state index contributed by atoms with van der Waals surface area (Å²) in [6, 6.07) is 5.75. The van der Waals surface area contributed by atoms with Crippen molar-refractivity contribution in [2.75, 3.05) is 18.1 Å². The van der Waals surface area contributed by atoms with Gasteiger partial charge in [0.2, 0.25) is 0 Å². The molecule has 0 aliphatic heterocycles. The van der Waals surface area contributed by atoms with Crippen LogP contribution in [0, 0.1) is 27.4 Å². The molecule has 0 spiro atoms. The van der Waals surface area contributed by atoms with E-state index in [1.807, 2.05) is 45.2 Å². The molecule has 0 aromatic heterocycles. The van der Waals surface area contributed by atoms with Crippen molar-refractivity contribution in [3.63, 3.8) is 0 Å². The van der Waals surface area contributed by atoms with Crippen LogP contribution in [0.4, 0.5) is 22.7 Å². The first-order valence-corrected chi connectivity index (χ1v) is 11.8. The van der Waals surface area contributed by atoms with Gasteiger partial charge in [-0.3, -0.25) is 29.8 Å². The third-order valence-corrected chi connectivity index (χ3v) is 6.24. The van der Waals surface area contributed by atoms with Crippen molar-refractivity contribution >= 4 is 79.9 Å². The van der Waals surface area contributed by atoms with Crippen LogP contribution in [0.2, 0.25) is 0 Å². The van der Waals surface area contributed by atoms with Gasteiger partial charge >= 0.3 is 11.9 Å². The van der Waals surface area contributed by atoms with Gasteiger partial charge in [0.15, 0.2) is 0 Å². The van der Waals surface area contributed by atoms with Gasteiger partial charge in [0.1, 0.15) is 11.4 Å². The van der Waals surface area contributed by atoms with Gasteiger partial charge in [-0.1, -0.05) is 6.92 Å². The van der Waals surface area contributed by atoms with Crippen molar-refractivity contribution in [3.05, 3.63) is 62.8 Å². The van der Waals surface area contributed by atoms with Gasteiger partial charge in [0.25, 0.3) is 11.4 Å². The summed E-state index contributed by atoms with van der Waals surface area (Å²) in [5, 5.41) is 30.5. The van der Waals surface area contributed by atoms with Gasteiger partial charge < -0.3 is 21.3 Å². The molecule has 34 heavy (non-hydrogen) atoms. The number of hydrogen-bond acceptors (Lipinski definition) is 9. The van der Waals surface area contributed by atoms with Gasteiger partial charge in [0, 0.05) is 19.3 Å². The number of benzene rings is 2. The van der Waals surface area contributed by atoms with Crippen LogP contribution < -0.4 is 11.5 Å². The highest BCUT2D eigenvalue weighted by Crippen LogP contribution is 2.32. The normalized spacial score (nSPS) is 11.1. The lowest BCUT2D eigenvalue weighted by Gasteiger charge is -2.11. The maximum Gasteiger partial charge on any atom is 0.310 e. The molecule has 14 heteroatoms. The van der Waals surface area contributed by atoms with Crippen molar-refractivity contribution < 1.29 is 29.3 Å². The molecule has 2 aromatic rings. The Balaban J connectivity index is 0.000000340. The number of anilines is 2. The van der Waals surface area contributed by atoms with Crippen LogP contribution in [0.5, 0.6) is 0 Å². The number of esters is 1. The van der Waals surface area contributed by atoms with Gasteiger partial charge in [-0.2, -0.15) is 0 Å². The largest absolute Gasteiger partial charge is 0.481 e. The smallest absolute Gasteiger partial charge is 0.310 e. The van der Waals surface area contributed by atoms with E-state index in [0.29, 0.717) is 24.7 Å². The maximum absolute atomic E-state index is 11.3. The minimum atomic E-state index is -0.998. The SMILES string of the molecule is CCC(C(=O)O)c1cc(I)c(N)c([N+](=O)[O-])c1.CCOC(=O)Cc1cc(I)c(N)c([N+](=O)[O-])c1. The first-order chi connectivity index (χ1) is 15.8. The number of carboxylic acids is 1. The van der Waals surface area contributed by atoms with E-state index in [0.717, 1.165) is 0 Å². The van der Waals surface area contributed by atoms with E-state index >= 15 is 0 Å². The number of halogens is 2. The minimum absolute atomic E-state index is 0.00492. The van der Waals surface area contributed by atoms with E-state index in [4.69, 9.17) is 21.3 Å². The predicted octanol–water partition coefficient (Wildman–Crippen LogP) is 4.25. The number of hydrogen-bond donors (Lipinski definition) is 3. The quantitative estimate of drug-likeness (QED) is 0.118. The lowest BCUT2D eigenvalue weighted by atomic mass is 9.96. The summed E-state index contributed by atoms with van der Waals surface area (Å²) in [6.45, 7) is 3.70. The number of carbonyl (C=O) groups excluding carboxylic acids is 1. The Bertz CT molecular complexity index is 1110. The van der Waals surface area contributed by atoms with Crippen LogP contribution >= 0.6 is 45.2 Å². The van der Waals surface area contributed by atoms with Crippen LogP contribution in [0.3, 0.4) is 0 Å². The zero-order chi connectivity index (χ0) is 26.2. The number of carboxylic acid groups (broad SMARTS) is 1. The molecule has 1 unspecified atom stereocenters. The molecule has 0 bridgehead atoms. The molecule has 0 saturated carbocycles. The zero-order valence-corrected chi connectivity index (χ0v) is 22.4. The number of ether oxygens (including phenoxy) is 1. The number of nitrogens with zero attached hydrogens (tertiary/aromatic N) is 2. The monoisotopic (exact) mass is 700 g/mol. The average Bonchev–Trinajstić information content (AvgIpc) is 2.73. The van der Waals surface area contributed by atoms with Gasteiger partial charge in [0.05, 0.1) is 28.8 Å². The fourth-order valence-corrected chi connectivity index (χ4v) is 4.13. The summed E-state index contributed by atoms with van der Waals surface area (Å²) < 4.78 is 5.82. The Kier molecular flexibility index (Phi) is 11.4. The van der Waals surface area contributed by atoms with Crippen LogP contribution in [0.15, 0.2) is 24.3 Å². The molecule has 5 N–H and O–H groups in total. The Morgan fingerprint density at radius 2 is 1.50 bits per heavy atom. The molecule has 12 nitrogen and oxygen atoms in total. The lowest BCUT2D eigenvalue weighted by Crippen LogP contribution is -2.12. The number of nitrogens with two attached hydrogens (primary N) is 2. The van der Waals surface area contributed by atoms with Crippen molar-refractivity contribution in [1.82, 2.24) is 0 Å². The molecule has 0 amide bonds. The first kappa shape index (κ1) is 29.3. The second kappa shape index (κ2) is 13.2. The van der Waals surface area contributed by atoms with E-state index in [9.17, 15) is 29.8 Å². The Labute approximate surface area is 221 Å². The number of rotatable bonds is 8. The van der Waals surface area contributed by atoms with Crippen molar-refractivity contribution in [2.24, 2.45) is 0 Å². The Hall–Kier alpha value is -2.76. The summed E-state index contributed by atoms with van der Waals surface area (Å²) in [5.41, 5.74) is 11.8. The number of aliphatic carboxylic acids is 1. The molecule has 0 aliphatic rings. The van der Waals surface area contributed by atoms with Crippen LogP contribution in [-0.4, -0.2) is 33.5 Å². The number of nitro benzene ring substituents is 2. The van der Waals surface area contributed by atoms with E-state index < -0.39 is 27.7 Å². The van der Waals surface area contributed by atoms with Gasteiger partial charge in [-0.05, 0) is 81.8 Å². The second-order valence-electron chi connectivity index (χ2n) is 6.74. The number of nitrogen functional groups attached to an aromatic ring is 2. The molecular weight excluding hydrogens is 678 g/mol. The molecule has 2 aromatic carbocycles. The van der Waals surface area contributed by atoms with Gasteiger partial charge in [-0.25, -0.2) is 0 Å². The molecule has 1 atom stereocenters. The first-order valence-electron chi connectivity index (χ1n) is 9.67. The highest BCUT2D eigenvalue weighted by molar-refractivity contribution is 14.1. The standard InChI is InChI=1S/2C10H11IN2O4/c1-2-17-9(14)5-6-3-7(11)10(12)8(4-6)13(15)16;1-2-6(10(14)15)5-3-7(11)9(12)8(4-5)13(16)17/h3-4H,2,5,12H2,1H3;3-4,6H,2,12H2,1H3,(H,14,15). The number of nitro groups is 2. The third kappa shape index (κ3) is 7.93. The summed E-state index contributed by atoms with van der Waals surface area (Å²) in [7, 11) is 0. The topological polar surface area (TPSA) is 202 Å². The van der Waals surface area contributed by atoms with Gasteiger partial charge in [-0.15, -0.1) is 0 Å². The number of carbonyl (C=O) groups is 2. The summed E-state index contributed by atoms with van der Waals surface area (Å²) in [5.74, 6) is -2.16. The minimum Gasteiger partial charge on any atom is -0.481 e. The van der Waals surface area contributed by atoms with Crippen LogP contribution in [0.25, 0.3) is 0 Å². The Morgan fingerprint density at radius 3 is 1.94 bits per heavy atom. The maximum atomic E-state index is 11.3. The summed E-state index contributed by atoms with van der Waals surface area (Å²) in [6.07, 6.45) is 0.372. The van der Waals surface area contributed by atoms with E-state index in [1.165, 1.54) is 12.1 Å². The fourth-order valence-electron chi connectivity index (χ4n) is 2.82. The van der Waals surface area contributed by atoms with E-state index in [-0.39, 0.29) is 35.8 Å². The van der Waals surface area contributed by atoms with Crippen molar-refractivity contribution in [2.45, 2.75) is 32.6 Å². The fraction of sp³-hybridized carbons (Fsp3) is 0.300. The highest BCUT2D eigenvalue weighted by Gasteiger charge is 2.23. The molecule has 0 heterocycles. The molecule has 184 valence electrons. The average molecular weight is 700 g/mol. The summed E-state index contributed by atoms with van der Waals surface area (Å²) >= 11 is 3.76. The Morgan fingerprint density at radius 1 is 1.00 bits per heavy atom. The molecule has 0 fully saturated rings. The molecule has 2 rings (SSSR count). The van der Waals surface area contributed by atoms with E-state index in [1.54, 1.807) is 26.0 Å². The van der Waals surface area contributed by atoms with Crippen LogP contribution in [-0.2, 0) is 20.7 Å². The lowest BCUT2D eigenvalue weighted by molar-refractivity contribution is -0.384. The second-order valence-corrected chi connectivity index (χ2v) is 9.07. The van der Waals surface area contributed by atoms with E-state index in [2.05, 4.69) is 0 Å². The molecule has 0 saturated heterocycles. The summed E-state index contributed by atoms with van der Waals surface area (Å²) in [4.78, 5) is 42.6. The highest BCUT2D eigenvalue weighted by atomic mass is 127. The molecule has 0 aliphatic carbocycles. The predicted molar refractivity (Wildman–Crippen MR) is 141 cm³/mol. The third-order valence-electron chi connectivity index (χ3n) is 4.45.